The number of rotatable bonds is 3. The summed E-state index contributed by atoms with van der Waals surface area (Å²) in [4.78, 5) is 10.5. The number of aldehydes is 1. The molecule has 0 atom stereocenters. The Labute approximate surface area is 77.2 Å². The van der Waals surface area contributed by atoms with Gasteiger partial charge in [-0.25, -0.2) is 0 Å². The molecule has 1 N–H and O–H groups in total. The molecule has 0 heterocycles. The van der Waals surface area contributed by atoms with E-state index in [0.717, 1.165) is 24.2 Å². The van der Waals surface area contributed by atoms with Crippen molar-refractivity contribution in [2.45, 2.75) is 19.3 Å². The third-order valence-electron chi connectivity index (χ3n) is 2.36. The van der Waals surface area contributed by atoms with Gasteiger partial charge in [-0.1, -0.05) is 0 Å². The molecule has 13 heavy (non-hydrogen) atoms. The van der Waals surface area contributed by atoms with Gasteiger partial charge in [0.2, 0.25) is 0 Å². The molecule has 1 aliphatic rings. The largest absolute Gasteiger partial charge is 0.508 e. The van der Waals surface area contributed by atoms with Gasteiger partial charge in [0.25, 0.3) is 0 Å². The molecule has 68 valence electrons. The van der Waals surface area contributed by atoms with Crippen molar-refractivity contribution in [3.8, 4) is 5.75 Å². The molecular weight excluding hydrogens is 164 g/mol. The lowest BCUT2D eigenvalue weighted by Crippen LogP contribution is -1.89. The van der Waals surface area contributed by atoms with Crippen LogP contribution in [0.15, 0.2) is 18.2 Å². The highest BCUT2D eigenvalue weighted by Gasteiger charge is 2.21. The average Bonchev–Trinajstić information content (AvgIpc) is 2.87. The second kappa shape index (κ2) is 3.21. The molecule has 0 aliphatic heterocycles. The van der Waals surface area contributed by atoms with Crippen LogP contribution in [0.2, 0.25) is 0 Å². The first-order chi connectivity index (χ1) is 6.28. The van der Waals surface area contributed by atoms with E-state index in [9.17, 15) is 9.90 Å². The number of phenols is 1. The van der Waals surface area contributed by atoms with Crippen molar-refractivity contribution in [1.29, 1.82) is 0 Å². The highest BCUT2D eigenvalue weighted by molar-refractivity contribution is 5.76. The predicted molar refractivity (Wildman–Crippen MR) is 49.9 cm³/mol. The van der Waals surface area contributed by atoms with E-state index in [0.29, 0.717) is 5.56 Å². The molecule has 0 spiro atoms. The van der Waals surface area contributed by atoms with Crippen LogP contribution < -0.4 is 0 Å². The van der Waals surface area contributed by atoms with Crippen molar-refractivity contribution < 1.29 is 9.90 Å². The maximum absolute atomic E-state index is 10.5. The first kappa shape index (κ1) is 8.30. The van der Waals surface area contributed by atoms with Gasteiger partial charge < -0.3 is 5.11 Å². The summed E-state index contributed by atoms with van der Waals surface area (Å²) in [5, 5.41) is 9.30. The van der Waals surface area contributed by atoms with Crippen molar-refractivity contribution in [3.63, 3.8) is 0 Å². The molecule has 0 saturated heterocycles. The minimum absolute atomic E-state index is 0.195. The standard InChI is InChI=1S/C11H12O2/c12-7-10-4-9(3-8-1-2-8)5-11(13)6-10/h4-8,13H,1-3H2. The van der Waals surface area contributed by atoms with E-state index in [1.54, 1.807) is 6.07 Å². The van der Waals surface area contributed by atoms with Crippen molar-refractivity contribution in [2.75, 3.05) is 0 Å². The summed E-state index contributed by atoms with van der Waals surface area (Å²) >= 11 is 0. The molecule has 0 aromatic heterocycles. The molecule has 2 rings (SSSR count). The van der Waals surface area contributed by atoms with Crippen LogP contribution in [0.3, 0.4) is 0 Å². The maximum Gasteiger partial charge on any atom is 0.150 e. The van der Waals surface area contributed by atoms with Gasteiger partial charge in [0.1, 0.15) is 12.0 Å². The van der Waals surface area contributed by atoms with Crippen molar-refractivity contribution in [3.05, 3.63) is 29.3 Å². The summed E-state index contributed by atoms with van der Waals surface area (Å²) in [5.74, 6) is 0.974. The second-order valence-corrected chi connectivity index (χ2v) is 3.70. The van der Waals surface area contributed by atoms with Gasteiger partial charge in [-0.05, 0) is 48.9 Å². The van der Waals surface area contributed by atoms with Crippen LogP contribution in [0.5, 0.6) is 5.75 Å². The van der Waals surface area contributed by atoms with Gasteiger partial charge in [-0.2, -0.15) is 0 Å². The molecule has 2 nitrogen and oxygen atoms in total. The summed E-state index contributed by atoms with van der Waals surface area (Å²) in [6.07, 6.45) is 4.34. The van der Waals surface area contributed by atoms with Gasteiger partial charge in [0, 0.05) is 5.56 Å². The van der Waals surface area contributed by atoms with Crippen LogP contribution in [-0.2, 0) is 6.42 Å². The van der Waals surface area contributed by atoms with Gasteiger partial charge >= 0.3 is 0 Å². The lowest BCUT2D eigenvalue weighted by molar-refractivity contribution is 0.112. The average molecular weight is 176 g/mol. The zero-order valence-corrected chi connectivity index (χ0v) is 7.36. The molecule has 0 radical (unpaired) electrons. The van der Waals surface area contributed by atoms with Crippen LogP contribution in [0, 0.1) is 5.92 Å². The molecule has 1 aromatic carbocycles. The number of hydrogen-bond donors (Lipinski definition) is 1. The normalized spacial score (nSPS) is 15.7. The Morgan fingerprint density at radius 1 is 1.38 bits per heavy atom. The van der Waals surface area contributed by atoms with E-state index >= 15 is 0 Å². The van der Waals surface area contributed by atoms with Gasteiger partial charge in [0.15, 0.2) is 0 Å². The van der Waals surface area contributed by atoms with Crippen LogP contribution in [0.1, 0.15) is 28.8 Å². The minimum Gasteiger partial charge on any atom is -0.508 e. The third kappa shape index (κ3) is 2.08. The van der Waals surface area contributed by atoms with Crippen LogP contribution in [0.4, 0.5) is 0 Å². The van der Waals surface area contributed by atoms with Crippen LogP contribution >= 0.6 is 0 Å². The van der Waals surface area contributed by atoms with E-state index in [2.05, 4.69) is 0 Å². The van der Waals surface area contributed by atoms with Crippen molar-refractivity contribution >= 4 is 6.29 Å². The van der Waals surface area contributed by atoms with E-state index in [-0.39, 0.29) is 5.75 Å². The Morgan fingerprint density at radius 3 is 2.77 bits per heavy atom. The number of hydrogen-bond acceptors (Lipinski definition) is 2. The Kier molecular flexibility index (Phi) is 2.05. The molecule has 1 saturated carbocycles. The molecule has 0 unspecified atom stereocenters. The topological polar surface area (TPSA) is 37.3 Å². The fourth-order valence-electron chi connectivity index (χ4n) is 1.54. The molecule has 1 aromatic rings. The number of phenolic OH excluding ortho intramolecular Hbond substituents is 1. The highest BCUT2D eigenvalue weighted by atomic mass is 16.3. The second-order valence-electron chi connectivity index (χ2n) is 3.70. The maximum atomic E-state index is 10.5. The number of carbonyl (C=O) groups is 1. The van der Waals surface area contributed by atoms with E-state index in [1.807, 2.05) is 6.07 Å². The fraction of sp³-hybridized carbons (Fsp3) is 0.364. The number of benzene rings is 1. The van der Waals surface area contributed by atoms with E-state index < -0.39 is 0 Å². The zero-order valence-electron chi connectivity index (χ0n) is 7.36. The van der Waals surface area contributed by atoms with Crippen LogP contribution in [-0.4, -0.2) is 11.4 Å². The minimum atomic E-state index is 0.195. The van der Waals surface area contributed by atoms with E-state index in [1.165, 1.54) is 18.9 Å². The zero-order chi connectivity index (χ0) is 9.26. The summed E-state index contributed by atoms with van der Waals surface area (Å²) in [5.41, 5.74) is 1.64. The Balaban J connectivity index is 2.22. The summed E-state index contributed by atoms with van der Waals surface area (Å²) in [6.45, 7) is 0. The van der Waals surface area contributed by atoms with Crippen molar-refractivity contribution in [1.82, 2.24) is 0 Å². The molecule has 1 fully saturated rings. The smallest absolute Gasteiger partial charge is 0.150 e. The number of carbonyl (C=O) groups excluding carboxylic acids is 1. The third-order valence-corrected chi connectivity index (χ3v) is 2.36. The lowest BCUT2D eigenvalue weighted by atomic mass is 10.1. The predicted octanol–water partition coefficient (Wildman–Crippen LogP) is 2.16. The monoisotopic (exact) mass is 176 g/mol. The Hall–Kier alpha value is -1.31. The molecule has 1 aliphatic carbocycles. The summed E-state index contributed by atoms with van der Waals surface area (Å²) in [6, 6.07) is 5.08. The first-order valence-corrected chi connectivity index (χ1v) is 4.56. The van der Waals surface area contributed by atoms with Crippen molar-refractivity contribution in [2.24, 2.45) is 5.92 Å². The fourth-order valence-corrected chi connectivity index (χ4v) is 1.54. The van der Waals surface area contributed by atoms with Gasteiger partial charge in [-0.15, -0.1) is 0 Å². The SMILES string of the molecule is O=Cc1cc(O)cc(CC2CC2)c1. The van der Waals surface area contributed by atoms with E-state index in [4.69, 9.17) is 0 Å². The summed E-state index contributed by atoms with van der Waals surface area (Å²) < 4.78 is 0. The Morgan fingerprint density at radius 2 is 2.15 bits per heavy atom. The van der Waals surface area contributed by atoms with Gasteiger partial charge in [0.05, 0.1) is 0 Å². The quantitative estimate of drug-likeness (QED) is 0.716. The Bertz CT molecular complexity index is 327. The molecule has 0 bridgehead atoms. The molecule has 2 heteroatoms. The first-order valence-electron chi connectivity index (χ1n) is 4.56. The van der Waals surface area contributed by atoms with Crippen LogP contribution in [0.25, 0.3) is 0 Å². The molecular formula is C11H12O2. The summed E-state index contributed by atoms with van der Waals surface area (Å²) in [7, 11) is 0. The number of aromatic hydroxyl groups is 1. The van der Waals surface area contributed by atoms with Gasteiger partial charge in [-0.3, -0.25) is 4.79 Å². The molecule has 0 amide bonds. The lowest BCUT2D eigenvalue weighted by Gasteiger charge is -2.01. The highest BCUT2D eigenvalue weighted by Crippen LogP contribution is 2.33.